The van der Waals surface area contributed by atoms with E-state index in [0.29, 0.717) is 31.2 Å². The van der Waals surface area contributed by atoms with Crippen LogP contribution in [0.1, 0.15) is 29.1 Å². The second-order valence-electron chi connectivity index (χ2n) is 6.99. The largest absolute Gasteiger partial charge is 0.296 e. The minimum absolute atomic E-state index is 0.0120. The summed E-state index contributed by atoms with van der Waals surface area (Å²) >= 11 is 1.57. The third-order valence-corrected chi connectivity index (χ3v) is 6.00. The van der Waals surface area contributed by atoms with Gasteiger partial charge in [-0.2, -0.15) is 5.26 Å². The molecule has 0 radical (unpaired) electrons. The number of nitriles is 1. The molecule has 4 aromatic rings. The standard InChI is InChI=1S/C24H21N3OS/c1-17-21(19-12-6-3-7-13-19)22-23(29-17)26-20(16-18-10-4-2-5-11-18)27(24(22)28)15-9-8-14-25/h2-7,10-13H,8-9,15-16H2,1H3. The fourth-order valence-corrected chi connectivity index (χ4v) is 4.70. The first-order valence-electron chi connectivity index (χ1n) is 9.68. The van der Waals surface area contributed by atoms with E-state index in [-0.39, 0.29) is 5.56 Å². The Bertz CT molecular complexity index is 1230. The maximum absolute atomic E-state index is 13.6. The maximum Gasteiger partial charge on any atom is 0.262 e. The van der Waals surface area contributed by atoms with E-state index in [0.717, 1.165) is 32.2 Å². The van der Waals surface area contributed by atoms with Crippen molar-refractivity contribution in [2.45, 2.75) is 32.7 Å². The third kappa shape index (κ3) is 3.85. The summed E-state index contributed by atoms with van der Waals surface area (Å²) in [7, 11) is 0. The predicted octanol–water partition coefficient (Wildman–Crippen LogP) is 5.33. The molecule has 0 bridgehead atoms. The minimum Gasteiger partial charge on any atom is -0.296 e. The molecule has 0 aliphatic rings. The molecular formula is C24H21N3OS. The quantitative estimate of drug-likeness (QED) is 0.412. The molecule has 0 amide bonds. The Kier molecular flexibility index (Phi) is 5.55. The molecule has 4 nitrogen and oxygen atoms in total. The lowest BCUT2D eigenvalue weighted by molar-refractivity contribution is 0.598. The van der Waals surface area contributed by atoms with E-state index in [1.807, 2.05) is 67.6 Å². The molecule has 0 unspecified atom stereocenters. The van der Waals surface area contributed by atoms with E-state index in [2.05, 4.69) is 6.07 Å². The van der Waals surface area contributed by atoms with Crippen LogP contribution in [0.3, 0.4) is 0 Å². The summed E-state index contributed by atoms with van der Waals surface area (Å²) in [5.74, 6) is 0.757. The Morgan fingerprint density at radius 3 is 2.45 bits per heavy atom. The normalized spacial score (nSPS) is 10.9. The van der Waals surface area contributed by atoms with E-state index in [1.54, 1.807) is 15.9 Å². The molecule has 0 aliphatic heterocycles. The van der Waals surface area contributed by atoms with E-state index >= 15 is 0 Å². The molecule has 0 N–H and O–H groups in total. The zero-order valence-electron chi connectivity index (χ0n) is 16.3. The first-order valence-corrected chi connectivity index (χ1v) is 10.5. The highest BCUT2D eigenvalue weighted by molar-refractivity contribution is 7.19. The van der Waals surface area contributed by atoms with E-state index in [9.17, 15) is 4.79 Å². The Labute approximate surface area is 173 Å². The molecule has 29 heavy (non-hydrogen) atoms. The highest BCUT2D eigenvalue weighted by Gasteiger charge is 2.19. The van der Waals surface area contributed by atoms with Gasteiger partial charge >= 0.3 is 0 Å². The second-order valence-corrected chi connectivity index (χ2v) is 8.19. The number of fused-ring (bicyclic) bond motifs is 1. The van der Waals surface area contributed by atoms with Crippen molar-refractivity contribution in [1.29, 1.82) is 5.26 Å². The third-order valence-electron chi connectivity index (χ3n) is 5.00. The average Bonchev–Trinajstić information content (AvgIpc) is 3.07. The first kappa shape index (κ1) is 19.1. The lowest BCUT2D eigenvalue weighted by atomic mass is 10.0. The van der Waals surface area contributed by atoms with Crippen molar-refractivity contribution in [3.05, 3.63) is 87.3 Å². The molecule has 5 heteroatoms. The van der Waals surface area contributed by atoms with Gasteiger partial charge in [-0.3, -0.25) is 9.36 Å². The van der Waals surface area contributed by atoms with Crippen molar-refractivity contribution >= 4 is 21.6 Å². The van der Waals surface area contributed by atoms with Crippen LogP contribution in [0, 0.1) is 18.3 Å². The smallest absolute Gasteiger partial charge is 0.262 e. The molecule has 0 atom stereocenters. The van der Waals surface area contributed by atoms with Gasteiger partial charge in [-0.25, -0.2) is 4.98 Å². The van der Waals surface area contributed by atoms with Crippen LogP contribution < -0.4 is 5.56 Å². The van der Waals surface area contributed by atoms with Gasteiger partial charge in [-0.05, 0) is 24.5 Å². The van der Waals surface area contributed by atoms with Crippen LogP contribution in [0.2, 0.25) is 0 Å². The van der Waals surface area contributed by atoms with Crippen molar-refractivity contribution in [3.8, 4) is 17.2 Å². The molecule has 2 aromatic carbocycles. The fraction of sp³-hybridized carbons (Fsp3) is 0.208. The lowest BCUT2D eigenvalue weighted by Crippen LogP contribution is -2.25. The summed E-state index contributed by atoms with van der Waals surface area (Å²) in [6, 6.07) is 22.3. The number of rotatable bonds is 6. The van der Waals surface area contributed by atoms with Crippen LogP contribution >= 0.6 is 11.3 Å². The summed E-state index contributed by atoms with van der Waals surface area (Å²) in [6.07, 6.45) is 1.65. The number of aryl methyl sites for hydroxylation is 1. The van der Waals surface area contributed by atoms with Crippen molar-refractivity contribution in [2.75, 3.05) is 0 Å². The lowest BCUT2D eigenvalue weighted by Gasteiger charge is -2.12. The zero-order chi connectivity index (χ0) is 20.2. The van der Waals surface area contributed by atoms with Crippen molar-refractivity contribution in [1.82, 2.24) is 9.55 Å². The van der Waals surface area contributed by atoms with Gasteiger partial charge in [-0.1, -0.05) is 60.7 Å². The fourth-order valence-electron chi connectivity index (χ4n) is 3.65. The molecule has 2 aromatic heterocycles. The Morgan fingerprint density at radius 1 is 1.07 bits per heavy atom. The van der Waals surface area contributed by atoms with Gasteiger partial charge in [0.2, 0.25) is 0 Å². The summed E-state index contributed by atoms with van der Waals surface area (Å²) < 4.78 is 1.77. The Balaban J connectivity index is 1.90. The molecule has 0 fully saturated rings. The predicted molar refractivity (Wildman–Crippen MR) is 118 cm³/mol. The van der Waals surface area contributed by atoms with E-state index in [1.165, 1.54) is 0 Å². The second kappa shape index (κ2) is 8.42. The molecule has 0 saturated heterocycles. The maximum atomic E-state index is 13.6. The summed E-state index contributed by atoms with van der Waals surface area (Å²) in [4.78, 5) is 20.4. The molecule has 144 valence electrons. The number of hydrogen-bond acceptors (Lipinski definition) is 4. The number of aromatic nitrogens is 2. The molecule has 4 rings (SSSR count). The van der Waals surface area contributed by atoms with Gasteiger partial charge in [-0.15, -0.1) is 11.3 Å². The summed E-state index contributed by atoms with van der Waals surface area (Å²) in [6.45, 7) is 2.55. The minimum atomic E-state index is -0.0120. The molecule has 0 saturated carbocycles. The monoisotopic (exact) mass is 399 g/mol. The van der Waals surface area contributed by atoms with Gasteiger partial charge < -0.3 is 0 Å². The van der Waals surface area contributed by atoms with E-state index in [4.69, 9.17) is 10.2 Å². The molecule has 0 spiro atoms. The zero-order valence-corrected chi connectivity index (χ0v) is 17.1. The number of unbranched alkanes of at least 4 members (excludes halogenated alkanes) is 1. The van der Waals surface area contributed by atoms with Gasteiger partial charge in [0, 0.05) is 29.8 Å². The number of thiophene rings is 1. The first-order chi connectivity index (χ1) is 14.2. The van der Waals surface area contributed by atoms with Crippen LogP contribution in [0.25, 0.3) is 21.3 Å². The van der Waals surface area contributed by atoms with Crippen LogP contribution in [-0.2, 0) is 13.0 Å². The molecule has 2 heterocycles. The van der Waals surface area contributed by atoms with Gasteiger partial charge in [0.05, 0.1) is 11.5 Å². The number of benzene rings is 2. The van der Waals surface area contributed by atoms with Gasteiger partial charge in [0.1, 0.15) is 10.7 Å². The highest BCUT2D eigenvalue weighted by atomic mass is 32.1. The van der Waals surface area contributed by atoms with Crippen molar-refractivity contribution in [2.24, 2.45) is 0 Å². The van der Waals surface area contributed by atoms with Crippen molar-refractivity contribution < 1.29 is 0 Å². The van der Waals surface area contributed by atoms with Crippen LogP contribution in [0.4, 0.5) is 0 Å². The number of hydrogen-bond donors (Lipinski definition) is 0. The SMILES string of the molecule is Cc1sc2nc(Cc3ccccc3)n(CCCC#N)c(=O)c2c1-c1ccccc1. The van der Waals surface area contributed by atoms with Gasteiger partial charge in [0.15, 0.2) is 0 Å². The summed E-state index contributed by atoms with van der Waals surface area (Å²) in [5, 5.41) is 9.62. The molecular weight excluding hydrogens is 378 g/mol. The van der Waals surface area contributed by atoms with E-state index < -0.39 is 0 Å². The Morgan fingerprint density at radius 2 is 1.76 bits per heavy atom. The van der Waals surface area contributed by atoms with Crippen LogP contribution in [-0.4, -0.2) is 9.55 Å². The van der Waals surface area contributed by atoms with Crippen LogP contribution in [0.15, 0.2) is 65.5 Å². The topological polar surface area (TPSA) is 58.7 Å². The van der Waals surface area contributed by atoms with Gasteiger partial charge in [0.25, 0.3) is 5.56 Å². The number of nitrogens with zero attached hydrogens (tertiary/aromatic N) is 3. The Hall–Kier alpha value is -3.23. The molecule has 0 aliphatic carbocycles. The van der Waals surface area contributed by atoms with Crippen LogP contribution in [0.5, 0.6) is 0 Å². The summed E-state index contributed by atoms with van der Waals surface area (Å²) in [5.41, 5.74) is 3.12. The average molecular weight is 400 g/mol. The highest BCUT2D eigenvalue weighted by Crippen LogP contribution is 2.35. The van der Waals surface area contributed by atoms with Crippen molar-refractivity contribution in [3.63, 3.8) is 0 Å².